The minimum atomic E-state index is 0.942. The molecule has 1 fully saturated rings. The predicted molar refractivity (Wildman–Crippen MR) is 76.7 cm³/mol. The van der Waals surface area contributed by atoms with E-state index in [-0.39, 0.29) is 0 Å². The van der Waals surface area contributed by atoms with Crippen molar-refractivity contribution in [2.45, 2.75) is 78.0 Å². The molecule has 0 aromatic heterocycles. The lowest BCUT2D eigenvalue weighted by Crippen LogP contribution is -2.10. The summed E-state index contributed by atoms with van der Waals surface area (Å²) in [6.45, 7) is 7.37. The monoisotopic (exact) mass is 222 g/mol. The molecule has 1 saturated carbocycles. The topological polar surface area (TPSA) is 0 Å². The molecule has 1 rings (SSSR count). The molecule has 0 aromatic carbocycles. The van der Waals surface area contributed by atoms with Crippen molar-refractivity contribution in [1.82, 2.24) is 0 Å². The molecule has 0 nitrogen and oxygen atoms in total. The van der Waals surface area contributed by atoms with Gasteiger partial charge in [0.2, 0.25) is 0 Å². The van der Waals surface area contributed by atoms with Crippen molar-refractivity contribution in [3.05, 3.63) is 0 Å². The Bertz CT molecular complexity index is 178. The summed E-state index contributed by atoms with van der Waals surface area (Å²) in [4.78, 5) is 0. The molecule has 0 amide bonds. The fourth-order valence-electron chi connectivity index (χ4n) is 3.01. The molecule has 16 heavy (non-hydrogen) atoms. The van der Waals surface area contributed by atoms with Gasteiger partial charge in [0, 0.05) is 0 Å². The highest BCUT2D eigenvalue weighted by Gasteiger charge is 2.15. The third kappa shape index (κ3) is 5.41. The van der Waals surface area contributed by atoms with Crippen LogP contribution in [0.3, 0.4) is 0 Å². The van der Waals surface area contributed by atoms with E-state index in [1.54, 1.807) is 0 Å². The molecule has 0 spiro atoms. The van der Waals surface area contributed by atoms with Gasteiger partial charge in [-0.3, -0.25) is 0 Å². The Morgan fingerprint density at radius 2 is 1.19 bits per heavy atom. The molecule has 4 atom stereocenters. The van der Waals surface area contributed by atoms with Crippen LogP contribution in [0.5, 0.6) is 0 Å². The van der Waals surface area contributed by atoms with Gasteiger partial charge in [-0.15, -0.1) is 0 Å². The van der Waals surface area contributed by atoms with Gasteiger partial charge in [-0.2, -0.15) is 0 Å². The molecule has 94 valence electrons. The molecule has 4 unspecified atom stereocenters. The summed E-state index contributed by atoms with van der Waals surface area (Å²) in [7, 11) is 2.46. The number of hydrogen-bond donors (Lipinski definition) is 0. The minimum Gasteiger partial charge on any atom is -0.0672 e. The molecule has 1 heteroatoms. The maximum Gasteiger partial charge on any atom is 0.105 e. The Labute approximate surface area is 104 Å². The summed E-state index contributed by atoms with van der Waals surface area (Å²) < 4.78 is 0. The lowest BCUT2D eigenvalue weighted by Gasteiger charge is -2.24. The molecular formula is C15H31B. The largest absolute Gasteiger partial charge is 0.105 e. The van der Waals surface area contributed by atoms with E-state index in [9.17, 15) is 0 Å². The zero-order valence-corrected chi connectivity index (χ0v) is 12.0. The highest BCUT2D eigenvalue weighted by atomic mass is 14.2. The van der Waals surface area contributed by atoms with Crippen molar-refractivity contribution in [1.29, 1.82) is 0 Å². The lowest BCUT2D eigenvalue weighted by atomic mass is 9.71. The van der Waals surface area contributed by atoms with Gasteiger partial charge in [0.15, 0.2) is 0 Å². The summed E-state index contributed by atoms with van der Waals surface area (Å²) >= 11 is 0. The van der Waals surface area contributed by atoms with Crippen LogP contribution in [0, 0.1) is 17.8 Å². The summed E-state index contributed by atoms with van der Waals surface area (Å²) in [6, 6.07) is 0. The lowest BCUT2D eigenvalue weighted by molar-refractivity contribution is 0.343. The number of hydrogen-bond acceptors (Lipinski definition) is 0. The van der Waals surface area contributed by atoms with Gasteiger partial charge in [0.25, 0.3) is 0 Å². The standard InChI is InChI=1S/C15H31B/c1-12-6-4-7-13(2)10-11-14(3)15(16)9-5-8-12/h12-15H,4-11,16H2,1-3H3. The van der Waals surface area contributed by atoms with Crippen molar-refractivity contribution >= 4 is 7.85 Å². The Balaban J connectivity index is 2.41. The fraction of sp³-hybridized carbons (Fsp3) is 1.00. The molecule has 0 aromatic rings. The van der Waals surface area contributed by atoms with Gasteiger partial charge >= 0.3 is 0 Å². The van der Waals surface area contributed by atoms with E-state index in [4.69, 9.17) is 0 Å². The van der Waals surface area contributed by atoms with Crippen molar-refractivity contribution < 1.29 is 0 Å². The van der Waals surface area contributed by atoms with Gasteiger partial charge in [-0.1, -0.05) is 78.0 Å². The quantitative estimate of drug-likeness (QED) is 0.531. The molecule has 0 aliphatic heterocycles. The minimum absolute atomic E-state index is 0.942. The van der Waals surface area contributed by atoms with E-state index in [2.05, 4.69) is 28.6 Å². The zero-order valence-electron chi connectivity index (χ0n) is 12.0. The average molecular weight is 222 g/mol. The van der Waals surface area contributed by atoms with Crippen molar-refractivity contribution in [2.75, 3.05) is 0 Å². The molecule has 1 aliphatic carbocycles. The first kappa shape index (κ1) is 14.1. The van der Waals surface area contributed by atoms with Crippen molar-refractivity contribution in [2.24, 2.45) is 17.8 Å². The summed E-state index contributed by atoms with van der Waals surface area (Å²) in [6.07, 6.45) is 11.7. The molecule has 0 bridgehead atoms. The van der Waals surface area contributed by atoms with Crippen LogP contribution in [0.15, 0.2) is 0 Å². The zero-order chi connectivity index (χ0) is 12.0. The summed E-state index contributed by atoms with van der Waals surface area (Å²) in [5.41, 5.74) is 0. The van der Waals surface area contributed by atoms with Gasteiger partial charge in [0.1, 0.15) is 7.85 Å². The van der Waals surface area contributed by atoms with Crippen LogP contribution < -0.4 is 0 Å². The Morgan fingerprint density at radius 1 is 0.688 bits per heavy atom. The normalized spacial score (nSPS) is 39.7. The van der Waals surface area contributed by atoms with Crippen LogP contribution in [0.2, 0.25) is 5.82 Å². The van der Waals surface area contributed by atoms with E-state index in [0.29, 0.717) is 0 Å². The molecule has 0 radical (unpaired) electrons. The maximum absolute atomic E-state index is 2.46. The van der Waals surface area contributed by atoms with Gasteiger partial charge < -0.3 is 0 Å². The first-order valence-electron chi connectivity index (χ1n) is 7.59. The Kier molecular flexibility index (Phi) is 6.54. The van der Waals surface area contributed by atoms with Crippen LogP contribution in [-0.4, -0.2) is 7.85 Å². The van der Waals surface area contributed by atoms with E-state index in [1.165, 1.54) is 51.4 Å². The molecule has 0 saturated heterocycles. The highest BCUT2D eigenvalue weighted by Crippen LogP contribution is 2.30. The number of rotatable bonds is 0. The van der Waals surface area contributed by atoms with E-state index < -0.39 is 0 Å². The van der Waals surface area contributed by atoms with Gasteiger partial charge in [0.05, 0.1) is 0 Å². The third-order valence-corrected chi connectivity index (χ3v) is 4.84. The first-order chi connectivity index (χ1) is 7.59. The SMILES string of the molecule is BC1CCCC(C)CCCC(C)CCC1C. The molecule has 0 heterocycles. The van der Waals surface area contributed by atoms with Crippen LogP contribution >= 0.6 is 0 Å². The van der Waals surface area contributed by atoms with Crippen molar-refractivity contribution in [3.63, 3.8) is 0 Å². The Hall–Kier alpha value is 0.0649. The van der Waals surface area contributed by atoms with Crippen LogP contribution in [0.25, 0.3) is 0 Å². The van der Waals surface area contributed by atoms with Crippen LogP contribution in [-0.2, 0) is 0 Å². The van der Waals surface area contributed by atoms with E-state index in [0.717, 1.165) is 23.6 Å². The predicted octanol–water partition coefficient (Wildman–Crippen LogP) is 4.45. The second kappa shape index (κ2) is 7.40. The fourth-order valence-corrected chi connectivity index (χ4v) is 3.01. The van der Waals surface area contributed by atoms with E-state index >= 15 is 0 Å². The smallest absolute Gasteiger partial charge is 0.0672 e. The molecular weight excluding hydrogens is 191 g/mol. The third-order valence-electron chi connectivity index (χ3n) is 4.84. The van der Waals surface area contributed by atoms with Crippen molar-refractivity contribution in [3.8, 4) is 0 Å². The highest BCUT2D eigenvalue weighted by molar-refractivity contribution is 6.11. The molecule has 0 N–H and O–H groups in total. The second-order valence-corrected chi connectivity index (χ2v) is 6.60. The Morgan fingerprint density at radius 3 is 1.81 bits per heavy atom. The first-order valence-corrected chi connectivity index (χ1v) is 7.59. The average Bonchev–Trinajstić information content (AvgIpc) is 2.24. The van der Waals surface area contributed by atoms with Gasteiger partial charge in [-0.25, -0.2) is 0 Å². The van der Waals surface area contributed by atoms with Gasteiger partial charge in [-0.05, 0) is 17.8 Å². The summed E-state index contributed by atoms with van der Waals surface area (Å²) in [5, 5.41) is 0. The van der Waals surface area contributed by atoms with Crippen LogP contribution in [0.1, 0.15) is 72.1 Å². The maximum atomic E-state index is 2.46. The molecule has 1 aliphatic rings. The summed E-state index contributed by atoms with van der Waals surface area (Å²) in [5.74, 6) is 3.81. The van der Waals surface area contributed by atoms with Crippen LogP contribution in [0.4, 0.5) is 0 Å². The second-order valence-electron chi connectivity index (χ2n) is 6.60. The van der Waals surface area contributed by atoms with E-state index in [1.807, 2.05) is 0 Å².